The SMILES string of the molecule is COc1cc(C(C)N)cc(C)c1C. The van der Waals surface area contributed by atoms with Crippen LogP contribution in [0.4, 0.5) is 0 Å². The molecular formula is C11H17NO. The van der Waals surface area contributed by atoms with E-state index in [1.807, 2.05) is 13.0 Å². The Morgan fingerprint density at radius 3 is 2.38 bits per heavy atom. The van der Waals surface area contributed by atoms with Crippen molar-refractivity contribution in [1.82, 2.24) is 0 Å². The number of methoxy groups -OCH3 is 1. The van der Waals surface area contributed by atoms with Crippen molar-refractivity contribution in [1.29, 1.82) is 0 Å². The Balaban J connectivity index is 3.22. The molecule has 0 fully saturated rings. The third-order valence-electron chi connectivity index (χ3n) is 2.39. The first-order chi connectivity index (χ1) is 6.06. The lowest BCUT2D eigenvalue weighted by Gasteiger charge is -2.12. The molecule has 0 aliphatic carbocycles. The maximum Gasteiger partial charge on any atom is 0.122 e. The molecule has 2 heteroatoms. The van der Waals surface area contributed by atoms with Crippen molar-refractivity contribution in [2.75, 3.05) is 7.11 Å². The number of hydrogen-bond donors (Lipinski definition) is 1. The topological polar surface area (TPSA) is 35.2 Å². The summed E-state index contributed by atoms with van der Waals surface area (Å²) in [5, 5.41) is 0. The van der Waals surface area contributed by atoms with E-state index in [4.69, 9.17) is 10.5 Å². The Morgan fingerprint density at radius 2 is 1.92 bits per heavy atom. The van der Waals surface area contributed by atoms with Gasteiger partial charge in [-0.25, -0.2) is 0 Å². The minimum Gasteiger partial charge on any atom is -0.496 e. The van der Waals surface area contributed by atoms with E-state index in [1.165, 1.54) is 11.1 Å². The summed E-state index contributed by atoms with van der Waals surface area (Å²) in [5.41, 5.74) is 9.34. The van der Waals surface area contributed by atoms with Crippen molar-refractivity contribution >= 4 is 0 Å². The zero-order valence-electron chi connectivity index (χ0n) is 8.72. The van der Waals surface area contributed by atoms with Crippen LogP contribution in [0.25, 0.3) is 0 Å². The molecule has 0 aliphatic heterocycles. The molecule has 1 atom stereocenters. The van der Waals surface area contributed by atoms with Crippen LogP contribution in [-0.4, -0.2) is 7.11 Å². The van der Waals surface area contributed by atoms with E-state index in [0.29, 0.717) is 0 Å². The Hall–Kier alpha value is -1.02. The van der Waals surface area contributed by atoms with Gasteiger partial charge >= 0.3 is 0 Å². The summed E-state index contributed by atoms with van der Waals surface area (Å²) in [7, 11) is 1.69. The Labute approximate surface area is 79.7 Å². The molecule has 1 rings (SSSR count). The summed E-state index contributed by atoms with van der Waals surface area (Å²) in [6.07, 6.45) is 0. The molecule has 0 saturated carbocycles. The second kappa shape index (κ2) is 3.79. The van der Waals surface area contributed by atoms with Gasteiger partial charge in [-0.15, -0.1) is 0 Å². The van der Waals surface area contributed by atoms with Gasteiger partial charge in [-0.05, 0) is 43.5 Å². The van der Waals surface area contributed by atoms with Gasteiger partial charge in [0, 0.05) is 6.04 Å². The van der Waals surface area contributed by atoms with Crippen LogP contribution in [-0.2, 0) is 0 Å². The predicted octanol–water partition coefficient (Wildman–Crippen LogP) is 2.33. The standard InChI is InChI=1S/C11H17NO/c1-7-5-10(9(3)12)6-11(13-4)8(7)2/h5-6,9H,12H2,1-4H3. The molecule has 0 spiro atoms. The molecule has 1 unspecified atom stereocenters. The van der Waals surface area contributed by atoms with Gasteiger partial charge in [0.2, 0.25) is 0 Å². The monoisotopic (exact) mass is 179 g/mol. The average molecular weight is 179 g/mol. The Kier molecular flexibility index (Phi) is 2.94. The summed E-state index contributed by atoms with van der Waals surface area (Å²) in [5.74, 6) is 0.923. The molecule has 0 saturated heterocycles. The molecule has 0 bridgehead atoms. The lowest BCUT2D eigenvalue weighted by Crippen LogP contribution is -2.06. The third kappa shape index (κ3) is 2.01. The quantitative estimate of drug-likeness (QED) is 0.756. The molecule has 0 heterocycles. The fraction of sp³-hybridized carbons (Fsp3) is 0.455. The second-order valence-electron chi connectivity index (χ2n) is 3.45. The number of nitrogens with two attached hydrogens (primary N) is 1. The Morgan fingerprint density at radius 1 is 1.31 bits per heavy atom. The molecule has 0 aliphatic rings. The highest BCUT2D eigenvalue weighted by Gasteiger charge is 2.06. The minimum absolute atomic E-state index is 0.0631. The van der Waals surface area contributed by atoms with Gasteiger partial charge in [0.1, 0.15) is 5.75 Å². The first-order valence-electron chi connectivity index (χ1n) is 4.47. The average Bonchev–Trinajstić information content (AvgIpc) is 2.09. The highest BCUT2D eigenvalue weighted by atomic mass is 16.5. The molecule has 0 amide bonds. The van der Waals surface area contributed by atoms with Crippen LogP contribution in [0, 0.1) is 13.8 Å². The smallest absolute Gasteiger partial charge is 0.122 e. The number of ether oxygens (including phenoxy) is 1. The van der Waals surface area contributed by atoms with Crippen molar-refractivity contribution in [2.45, 2.75) is 26.8 Å². The van der Waals surface area contributed by atoms with Crippen LogP contribution < -0.4 is 10.5 Å². The Bertz CT molecular complexity index is 305. The van der Waals surface area contributed by atoms with Crippen LogP contribution in [0.5, 0.6) is 5.75 Å². The van der Waals surface area contributed by atoms with Crippen LogP contribution in [0.15, 0.2) is 12.1 Å². The molecule has 2 N–H and O–H groups in total. The minimum atomic E-state index is 0.0631. The van der Waals surface area contributed by atoms with E-state index in [9.17, 15) is 0 Å². The number of benzene rings is 1. The summed E-state index contributed by atoms with van der Waals surface area (Å²) < 4.78 is 5.26. The van der Waals surface area contributed by atoms with Gasteiger partial charge in [0.05, 0.1) is 7.11 Å². The van der Waals surface area contributed by atoms with Crippen molar-refractivity contribution in [2.24, 2.45) is 5.73 Å². The van der Waals surface area contributed by atoms with Gasteiger partial charge < -0.3 is 10.5 Å². The van der Waals surface area contributed by atoms with Gasteiger partial charge in [-0.2, -0.15) is 0 Å². The molecule has 72 valence electrons. The molecular weight excluding hydrogens is 162 g/mol. The summed E-state index contributed by atoms with van der Waals surface area (Å²) in [6, 6.07) is 4.18. The molecule has 1 aromatic carbocycles. The van der Waals surface area contributed by atoms with Crippen LogP contribution in [0.3, 0.4) is 0 Å². The van der Waals surface area contributed by atoms with E-state index in [0.717, 1.165) is 11.3 Å². The first kappa shape index (κ1) is 10.1. The summed E-state index contributed by atoms with van der Waals surface area (Å²) in [6.45, 7) is 6.10. The number of hydrogen-bond acceptors (Lipinski definition) is 2. The van der Waals surface area contributed by atoms with Crippen molar-refractivity contribution in [3.8, 4) is 5.75 Å². The molecule has 13 heavy (non-hydrogen) atoms. The van der Waals surface area contributed by atoms with Gasteiger partial charge in [0.25, 0.3) is 0 Å². The fourth-order valence-corrected chi connectivity index (χ4v) is 1.33. The zero-order valence-corrected chi connectivity index (χ0v) is 8.72. The predicted molar refractivity (Wildman–Crippen MR) is 55.1 cm³/mol. The number of rotatable bonds is 2. The maximum atomic E-state index is 5.80. The van der Waals surface area contributed by atoms with Crippen molar-refractivity contribution < 1.29 is 4.74 Å². The molecule has 0 radical (unpaired) electrons. The largest absolute Gasteiger partial charge is 0.496 e. The maximum absolute atomic E-state index is 5.80. The van der Waals surface area contributed by atoms with Crippen LogP contribution >= 0.6 is 0 Å². The van der Waals surface area contributed by atoms with Crippen molar-refractivity contribution in [3.63, 3.8) is 0 Å². The zero-order chi connectivity index (χ0) is 10.0. The van der Waals surface area contributed by atoms with E-state index in [2.05, 4.69) is 19.9 Å². The van der Waals surface area contributed by atoms with Gasteiger partial charge in [0.15, 0.2) is 0 Å². The fourth-order valence-electron chi connectivity index (χ4n) is 1.33. The second-order valence-corrected chi connectivity index (χ2v) is 3.45. The van der Waals surface area contributed by atoms with Gasteiger partial charge in [-0.1, -0.05) is 6.07 Å². The summed E-state index contributed by atoms with van der Waals surface area (Å²) >= 11 is 0. The van der Waals surface area contributed by atoms with Crippen LogP contribution in [0.1, 0.15) is 29.7 Å². The van der Waals surface area contributed by atoms with E-state index in [1.54, 1.807) is 7.11 Å². The van der Waals surface area contributed by atoms with Gasteiger partial charge in [-0.3, -0.25) is 0 Å². The third-order valence-corrected chi connectivity index (χ3v) is 2.39. The highest BCUT2D eigenvalue weighted by Crippen LogP contribution is 2.25. The lowest BCUT2D eigenvalue weighted by molar-refractivity contribution is 0.410. The first-order valence-corrected chi connectivity index (χ1v) is 4.47. The molecule has 2 nitrogen and oxygen atoms in total. The van der Waals surface area contributed by atoms with E-state index in [-0.39, 0.29) is 6.04 Å². The number of aryl methyl sites for hydroxylation is 1. The highest BCUT2D eigenvalue weighted by molar-refractivity contribution is 5.43. The van der Waals surface area contributed by atoms with Crippen LogP contribution in [0.2, 0.25) is 0 Å². The van der Waals surface area contributed by atoms with E-state index >= 15 is 0 Å². The normalized spacial score (nSPS) is 12.7. The molecule has 1 aromatic rings. The lowest BCUT2D eigenvalue weighted by atomic mass is 10.0. The molecule has 0 aromatic heterocycles. The summed E-state index contributed by atoms with van der Waals surface area (Å²) in [4.78, 5) is 0. The van der Waals surface area contributed by atoms with E-state index < -0.39 is 0 Å². The van der Waals surface area contributed by atoms with Crippen molar-refractivity contribution in [3.05, 3.63) is 28.8 Å².